The quantitative estimate of drug-likeness (QED) is 0.0699. The molecule has 0 aliphatic heterocycles. The Bertz CT molecular complexity index is 1240. The molecule has 3 rings (SSSR count). The number of amides is 2. The van der Waals surface area contributed by atoms with Gasteiger partial charge in [0.2, 0.25) is 5.91 Å². The number of hydrogen-bond acceptors (Lipinski definition) is 6. The van der Waals surface area contributed by atoms with Gasteiger partial charge in [0.05, 0.1) is 0 Å². The first-order valence-electron chi connectivity index (χ1n) is 18.2. The highest BCUT2D eigenvalue weighted by Gasteiger charge is 2.29. The van der Waals surface area contributed by atoms with E-state index < -0.39 is 17.7 Å². The maximum absolute atomic E-state index is 12.4. The highest BCUT2D eigenvalue weighted by molar-refractivity contribution is 5.80. The lowest BCUT2D eigenvalue weighted by Gasteiger charge is -2.19. The van der Waals surface area contributed by atoms with Gasteiger partial charge in [-0.05, 0) is 55.9 Å². The number of hydrogen-bond donors (Lipinski definition) is 2. The van der Waals surface area contributed by atoms with Gasteiger partial charge < -0.3 is 24.9 Å². The Morgan fingerprint density at radius 2 is 1.17 bits per heavy atom. The van der Waals surface area contributed by atoms with Crippen LogP contribution in [0.2, 0.25) is 0 Å². The van der Waals surface area contributed by atoms with Crippen LogP contribution in [0.25, 0.3) is 11.1 Å². The Morgan fingerprint density at radius 1 is 0.708 bits per heavy atom. The Balaban J connectivity index is 1.13. The molecule has 2 N–H and O–H groups in total. The molecule has 1 aliphatic rings. The van der Waals surface area contributed by atoms with Crippen LogP contribution < -0.4 is 10.6 Å². The third-order valence-corrected chi connectivity index (χ3v) is 8.78. The summed E-state index contributed by atoms with van der Waals surface area (Å²) in [5, 5.41) is 5.33. The summed E-state index contributed by atoms with van der Waals surface area (Å²) >= 11 is 0. The average Bonchev–Trinajstić information content (AvgIpc) is 3.38. The van der Waals surface area contributed by atoms with E-state index in [1.54, 1.807) is 0 Å². The Kier molecular flexibility index (Phi) is 17.2. The second-order valence-electron chi connectivity index (χ2n) is 14.1. The number of alkyl carbamates (subject to hydrolysis) is 1. The molecule has 1 unspecified atom stereocenters. The van der Waals surface area contributed by atoms with Crippen LogP contribution >= 0.6 is 0 Å². The second-order valence-corrected chi connectivity index (χ2v) is 14.1. The number of carbonyl (C=O) groups is 4. The molecule has 48 heavy (non-hydrogen) atoms. The van der Waals surface area contributed by atoms with Crippen LogP contribution in [0.1, 0.15) is 141 Å². The number of rotatable bonds is 23. The van der Waals surface area contributed by atoms with Crippen LogP contribution in [0.4, 0.5) is 4.79 Å². The van der Waals surface area contributed by atoms with Gasteiger partial charge in [0.25, 0.3) is 0 Å². The number of benzene rings is 2. The molecule has 0 saturated heterocycles. The lowest BCUT2D eigenvalue weighted by Crippen LogP contribution is -2.44. The first kappa shape index (κ1) is 38.8. The second kappa shape index (κ2) is 21.3. The van der Waals surface area contributed by atoms with Crippen molar-refractivity contribution in [1.82, 2.24) is 10.6 Å². The number of aldehydes is 1. The van der Waals surface area contributed by atoms with E-state index in [0.29, 0.717) is 19.1 Å². The molecule has 0 heterocycles. The van der Waals surface area contributed by atoms with Crippen molar-refractivity contribution < 1.29 is 28.7 Å². The van der Waals surface area contributed by atoms with Crippen LogP contribution in [-0.2, 0) is 23.9 Å². The van der Waals surface area contributed by atoms with Gasteiger partial charge in [-0.3, -0.25) is 9.59 Å². The van der Waals surface area contributed by atoms with Crippen LogP contribution in [0.15, 0.2) is 48.5 Å². The van der Waals surface area contributed by atoms with Gasteiger partial charge in [-0.1, -0.05) is 126 Å². The highest BCUT2D eigenvalue weighted by atomic mass is 16.6. The number of nitrogens with one attached hydrogen (secondary N) is 2. The van der Waals surface area contributed by atoms with E-state index in [0.717, 1.165) is 54.4 Å². The van der Waals surface area contributed by atoms with Gasteiger partial charge in [-0.2, -0.15) is 0 Å². The van der Waals surface area contributed by atoms with Gasteiger partial charge in [0, 0.05) is 25.3 Å². The molecule has 0 radical (unpaired) electrons. The fourth-order valence-electron chi connectivity index (χ4n) is 6.32. The molecule has 8 heteroatoms. The van der Waals surface area contributed by atoms with Crippen molar-refractivity contribution in [2.45, 2.75) is 141 Å². The minimum absolute atomic E-state index is 0.0121. The van der Waals surface area contributed by atoms with E-state index in [2.05, 4.69) is 34.9 Å². The predicted molar refractivity (Wildman–Crippen MR) is 191 cm³/mol. The maximum atomic E-state index is 12.4. The van der Waals surface area contributed by atoms with Crippen molar-refractivity contribution in [3.05, 3.63) is 59.7 Å². The summed E-state index contributed by atoms with van der Waals surface area (Å²) in [6, 6.07) is 15.5. The molecule has 0 bridgehead atoms. The normalized spacial score (nSPS) is 12.9. The number of carbonyl (C=O) groups excluding carboxylic acids is 4. The monoisotopic (exact) mass is 662 g/mol. The van der Waals surface area contributed by atoms with E-state index in [9.17, 15) is 19.2 Å². The van der Waals surface area contributed by atoms with Crippen molar-refractivity contribution in [2.24, 2.45) is 0 Å². The molecule has 0 saturated carbocycles. The molecule has 2 aromatic carbocycles. The zero-order valence-corrected chi connectivity index (χ0v) is 29.5. The lowest BCUT2D eigenvalue weighted by molar-refractivity contribution is -0.154. The molecular weight excluding hydrogens is 604 g/mol. The van der Waals surface area contributed by atoms with Crippen LogP contribution in [0, 0.1) is 0 Å². The maximum Gasteiger partial charge on any atom is 0.407 e. The van der Waals surface area contributed by atoms with Crippen molar-refractivity contribution in [2.75, 3.05) is 13.2 Å². The van der Waals surface area contributed by atoms with E-state index in [1.807, 2.05) is 45.0 Å². The van der Waals surface area contributed by atoms with Crippen LogP contribution in [0.5, 0.6) is 0 Å². The Hall–Kier alpha value is -3.68. The minimum Gasteiger partial charge on any atom is -0.460 e. The molecule has 2 amide bonds. The van der Waals surface area contributed by atoms with Crippen LogP contribution in [-0.4, -0.2) is 49.1 Å². The Morgan fingerprint density at radius 3 is 1.65 bits per heavy atom. The first-order valence-corrected chi connectivity index (χ1v) is 18.2. The molecule has 0 aromatic heterocycles. The van der Waals surface area contributed by atoms with Crippen molar-refractivity contribution in [1.29, 1.82) is 0 Å². The van der Waals surface area contributed by atoms with E-state index in [4.69, 9.17) is 9.47 Å². The summed E-state index contributed by atoms with van der Waals surface area (Å²) < 4.78 is 10.9. The fraction of sp³-hybridized carbons (Fsp3) is 0.600. The third kappa shape index (κ3) is 14.6. The highest BCUT2D eigenvalue weighted by Crippen LogP contribution is 2.44. The van der Waals surface area contributed by atoms with E-state index >= 15 is 0 Å². The van der Waals surface area contributed by atoms with Crippen LogP contribution in [0.3, 0.4) is 0 Å². The van der Waals surface area contributed by atoms with Gasteiger partial charge in [-0.25, -0.2) is 4.79 Å². The number of esters is 1. The van der Waals surface area contributed by atoms with Gasteiger partial charge in [-0.15, -0.1) is 0 Å². The first-order chi connectivity index (χ1) is 23.2. The van der Waals surface area contributed by atoms with E-state index in [1.165, 1.54) is 57.8 Å². The average molecular weight is 663 g/mol. The topological polar surface area (TPSA) is 111 Å². The van der Waals surface area contributed by atoms with Crippen molar-refractivity contribution in [3.8, 4) is 11.1 Å². The standard InChI is InChI=1S/C40H58N2O6/c1-40(2,3)48-38(45)27-17-15-13-11-9-7-5-4-6-8-10-12-14-16-26-37(44)42-31(29-43)28-41-39(46)47-30-36-34-24-20-18-22-32(34)33-23-19-21-25-35(33)36/h18-25,29,31,36H,4-17,26-28,30H2,1-3H3,(H,41,46)(H,42,44). The zero-order chi connectivity index (χ0) is 34.6. The summed E-state index contributed by atoms with van der Waals surface area (Å²) in [6.45, 7) is 5.90. The van der Waals surface area contributed by atoms with Gasteiger partial charge in [0.15, 0.2) is 0 Å². The molecule has 2 aromatic rings. The summed E-state index contributed by atoms with van der Waals surface area (Å²) in [5.74, 6) is -0.305. The van der Waals surface area contributed by atoms with Gasteiger partial charge in [0.1, 0.15) is 24.5 Å². The lowest BCUT2D eigenvalue weighted by atomic mass is 9.98. The summed E-state index contributed by atoms with van der Waals surface area (Å²) in [5.41, 5.74) is 4.19. The Labute approximate surface area is 288 Å². The number of ether oxygens (including phenoxy) is 2. The number of unbranched alkanes of at least 4 members (excludes halogenated alkanes) is 13. The van der Waals surface area contributed by atoms with E-state index in [-0.39, 0.29) is 30.9 Å². The van der Waals surface area contributed by atoms with Crippen molar-refractivity contribution in [3.63, 3.8) is 0 Å². The van der Waals surface area contributed by atoms with Crippen molar-refractivity contribution >= 4 is 24.3 Å². The molecule has 0 fully saturated rings. The minimum atomic E-state index is -0.790. The molecular formula is C40H58N2O6. The predicted octanol–water partition coefficient (Wildman–Crippen LogP) is 8.79. The largest absolute Gasteiger partial charge is 0.460 e. The molecule has 264 valence electrons. The molecule has 8 nitrogen and oxygen atoms in total. The molecule has 0 spiro atoms. The number of fused-ring (bicyclic) bond motifs is 3. The van der Waals surface area contributed by atoms with Gasteiger partial charge >= 0.3 is 12.1 Å². The third-order valence-electron chi connectivity index (χ3n) is 8.78. The summed E-state index contributed by atoms with van der Waals surface area (Å²) in [4.78, 5) is 48.1. The fourth-order valence-corrected chi connectivity index (χ4v) is 6.32. The molecule has 1 aliphatic carbocycles. The molecule has 1 atom stereocenters. The zero-order valence-electron chi connectivity index (χ0n) is 29.5. The summed E-state index contributed by atoms with van der Waals surface area (Å²) in [7, 11) is 0. The SMILES string of the molecule is CC(C)(C)OC(=O)CCCCCCCCCCCCCCCCC(=O)NC(C=O)CNC(=O)OCC1c2ccccc2-c2ccccc21. The summed E-state index contributed by atoms with van der Waals surface area (Å²) in [6.07, 6.45) is 17.0. The smallest absolute Gasteiger partial charge is 0.407 e.